The van der Waals surface area contributed by atoms with E-state index in [2.05, 4.69) is 24.3 Å². The van der Waals surface area contributed by atoms with Crippen molar-refractivity contribution in [1.29, 1.82) is 0 Å². The van der Waals surface area contributed by atoms with Crippen LogP contribution in [-0.2, 0) is 5.41 Å². The molecule has 2 heteroatoms. The number of hydrogen-bond acceptors (Lipinski definition) is 2. The summed E-state index contributed by atoms with van der Waals surface area (Å²) in [6.07, 6.45) is 16.8. The highest BCUT2D eigenvalue weighted by Crippen LogP contribution is 2.45. The van der Waals surface area contributed by atoms with Crippen LogP contribution in [0.5, 0.6) is 11.5 Å². The van der Waals surface area contributed by atoms with E-state index in [1.807, 2.05) is 27.7 Å². The second kappa shape index (κ2) is 11.3. The van der Waals surface area contributed by atoms with E-state index < -0.39 is 0 Å². The van der Waals surface area contributed by atoms with Crippen LogP contribution in [0.4, 0.5) is 0 Å². The average molecular weight is 437 g/mol. The molecule has 0 heterocycles. The molecule has 0 radical (unpaired) electrons. The van der Waals surface area contributed by atoms with Crippen molar-refractivity contribution in [3.63, 3.8) is 0 Å². The minimum Gasteiger partial charge on any atom is -0.507 e. The lowest BCUT2D eigenvalue weighted by atomic mass is 9.66. The molecule has 3 rings (SSSR count). The third-order valence-corrected chi connectivity index (χ3v) is 7.79. The van der Waals surface area contributed by atoms with Crippen LogP contribution in [0.2, 0.25) is 0 Å². The average Bonchev–Trinajstić information content (AvgIpc) is 2.76. The number of aryl methyl sites for hydroxylation is 4. The third-order valence-electron chi connectivity index (χ3n) is 7.79. The van der Waals surface area contributed by atoms with Gasteiger partial charge in [0.1, 0.15) is 11.5 Å². The Morgan fingerprint density at radius 3 is 1.00 bits per heavy atom. The van der Waals surface area contributed by atoms with Crippen LogP contribution in [0.3, 0.4) is 0 Å². The number of benzene rings is 2. The summed E-state index contributed by atoms with van der Waals surface area (Å²) < 4.78 is 0. The van der Waals surface area contributed by atoms with Gasteiger partial charge >= 0.3 is 0 Å². The summed E-state index contributed by atoms with van der Waals surface area (Å²) in [4.78, 5) is 0. The first-order chi connectivity index (χ1) is 15.3. The molecular weight excluding hydrogens is 392 g/mol. The number of rotatable bonds is 2. The van der Waals surface area contributed by atoms with Crippen molar-refractivity contribution < 1.29 is 10.2 Å². The quantitative estimate of drug-likeness (QED) is 0.494. The summed E-state index contributed by atoms with van der Waals surface area (Å²) in [7, 11) is 0. The summed E-state index contributed by atoms with van der Waals surface area (Å²) in [5.74, 6) is 0.839. The minimum absolute atomic E-state index is 0.0729. The van der Waals surface area contributed by atoms with Gasteiger partial charge in [-0.25, -0.2) is 0 Å². The van der Waals surface area contributed by atoms with Crippen LogP contribution in [-0.4, -0.2) is 10.2 Å². The van der Waals surface area contributed by atoms with Crippen molar-refractivity contribution in [2.24, 2.45) is 0 Å². The zero-order chi connectivity index (χ0) is 23.1. The lowest BCUT2D eigenvalue weighted by Crippen LogP contribution is -2.29. The van der Waals surface area contributed by atoms with E-state index in [0.29, 0.717) is 11.5 Å². The molecule has 0 aromatic heterocycles. The van der Waals surface area contributed by atoms with E-state index in [0.717, 1.165) is 35.1 Å². The minimum atomic E-state index is -0.0729. The Balaban J connectivity index is 2.09. The van der Waals surface area contributed by atoms with Gasteiger partial charge in [0.2, 0.25) is 0 Å². The first kappa shape index (κ1) is 24.7. The van der Waals surface area contributed by atoms with Crippen molar-refractivity contribution in [1.82, 2.24) is 0 Å². The zero-order valence-electron chi connectivity index (χ0n) is 20.9. The summed E-state index contributed by atoms with van der Waals surface area (Å²) in [5, 5.41) is 21.0. The van der Waals surface area contributed by atoms with E-state index in [1.54, 1.807) is 0 Å². The molecule has 2 N–H and O–H groups in total. The van der Waals surface area contributed by atoms with Crippen LogP contribution in [0.1, 0.15) is 117 Å². The van der Waals surface area contributed by atoms with Gasteiger partial charge in [0, 0.05) is 5.41 Å². The van der Waals surface area contributed by atoms with Gasteiger partial charge in [-0.1, -0.05) is 94.9 Å². The molecule has 1 aliphatic rings. The molecule has 2 nitrogen and oxygen atoms in total. The highest BCUT2D eigenvalue weighted by atomic mass is 16.3. The predicted molar refractivity (Wildman–Crippen MR) is 136 cm³/mol. The normalized spacial score (nSPS) is 18.8. The number of phenolic OH excluding ortho intramolecular Hbond substituents is 2. The van der Waals surface area contributed by atoms with E-state index in [1.165, 1.54) is 81.8 Å². The third kappa shape index (κ3) is 5.69. The second-order valence-corrected chi connectivity index (χ2v) is 10.4. The van der Waals surface area contributed by atoms with Gasteiger partial charge < -0.3 is 10.2 Å². The number of hydrogen-bond donors (Lipinski definition) is 2. The lowest BCUT2D eigenvalue weighted by Gasteiger charge is -2.37. The molecule has 32 heavy (non-hydrogen) atoms. The van der Waals surface area contributed by atoms with Gasteiger partial charge in [-0.3, -0.25) is 0 Å². The van der Waals surface area contributed by atoms with Crippen molar-refractivity contribution in [2.45, 2.75) is 117 Å². The molecule has 1 fully saturated rings. The van der Waals surface area contributed by atoms with E-state index in [4.69, 9.17) is 0 Å². The Bertz CT molecular complexity index is 776. The van der Waals surface area contributed by atoms with Crippen LogP contribution in [0.25, 0.3) is 0 Å². The van der Waals surface area contributed by atoms with Crippen molar-refractivity contribution >= 4 is 0 Å². The second-order valence-electron chi connectivity index (χ2n) is 10.4. The maximum Gasteiger partial charge on any atom is 0.121 e. The molecule has 0 spiro atoms. The fourth-order valence-corrected chi connectivity index (χ4v) is 5.78. The Morgan fingerprint density at radius 2 is 0.719 bits per heavy atom. The number of phenols is 2. The first-order valence-corrected chi connectivity index (χ1v) is 13.0. The van der Waals surface area contributed by atoms with Crippen LogP contribution in [0, 0.1) is 27.7 Å². The predicted octanol–water partition coefficient (Wildman–Crippen LogP) is 8.70. The van der Waals surface area contributed by atoms with E-state index in [-0.39, 0.29) is 5.41 Å². The molecule has 1 aliphatic carbocycles. The summed E-state index contributed by atoms with van der Waals surface area (Å²) in [6.45, 7) is 8.09. The standard InChI is InChI=1S/C30H44O2/c1-22-18-26(19-23(2)28(22)31)30(27-20-24(3)29(32)25(4)21-27)16-14-12-10-8-6-5-7-9-11-13-15-17-30/h18-21,31-32H,5-17H2,1-4H3. The monoisotopic (exact) mass is 436 g/mol. The van der Waals surface area contributed by atoms with Gasteiger partial charge in [-0.05, 0) is 73.9 Å². The van der Waals surface area contributed by atoms with Crippen LogP contribution in [0.15, 0.2) is 24.3 Å². The molecule has 0 aliphatic heterocycles. The fourth-order valence-electron chi connectivity index (χ4n) is 5.78. The Labute approximate surface area is 196 Å². The van der Waals surface area contributed by atoms with Gasteiger partial charge in [-0.15, -0.1) is 0 Å². The maximum absolute atomic E-state index is 10.5. The van der Waals surface area contributed by atoms with Gasteiger partial charge in [0.15, 0.2) is 0 Å². The molecule has 0 bridgehead atoms. The van der Waals surface area contributed by atoms with Crippen molar-refractivity contribution in [3.05, 3.63) is 57.6 Å². The van der Waals surface area contributed by atoms with Gasteiger partial charge in [-0.2, -0.15) is 0 Å². The molecule has 2 aromatic rings. The van der Waals surface area contributed by atoms with Crippen molar-refractivity contribution in [2.75, 3.05) is 0 Å². The van der Waals surface area contributed by atoms with E-state index in [9.17, 15) is 10.2 Å². The first-order valence-electron chi connectivity index (χ1n) is 13.0. The molecule has 176 valence electrons. The molecule has 1 saturated carbocycles. The Hall–Kier alpha value is -1.96. The summed E-state index contributed by atoms with van der Waals surface area (Å²) in [6, 6.07) is 8.90. The lowest BCUT2D eigenvalue weighted by molar-refractivity contribution is 0.383. The molecule has 0 atom stereocenters. The molecule has 2 aromatic carbocycles. The SMILES string of the molecule is Cc1cc(C2(c3cc(C)c(O)c(C)c3)CCCCCCCCCCCCC2)cc(C)c1O. The van der Waals surface area contributed by atoms with Crippen molar-refractivity contribution in [3.8, 4) is 11.5 Å². The molecule has 0 saturated heterocycles. The highest BCUT2D eigenvalue weighted by Gasteiger charge is 2.35. The van der Waals surface area contributed by atoms with Crippen LogP contribution < -0.4 is 0 Å². The summed E-state index contributed by atoms with van der Waals surface area (Å²) >= 11 is 0. The summed E-state index contributed by atoms with van der Waals surface area (Å²) in [5.41, 5.74) is 6.45. The van der Waals surface area contributed by atoms with E-state index >= 15 is 0 Å². The maximum atomic E-state index is 10.5. The highest BCUT2D eigenvalue weighted by molar-refractivity contribution is 5.52. The zero-order valence-corrected chi connectivity index (χ0v) is 20.9. The molecular formula is C30H44O2. The largest absolute Gasteiger partial charge is 0.507 e. The molecule has 0 amide bonds. The Kier molecular flexibility index (Phi) is 8.68. The van der Waals surface area contributed by atoms with Gasteiger partial charge in [0.25, 0.3) is 0 Å². The smallest absolute Gasteiger partial charge is 0.121 e. The van der Waals surface area contributed by atoms with Crippen LogP contribution >= 0.6 is 0 Å². The fraction of sp³-hybridized carbons (Fsp3) is 0.600. The molecule has 0 unspecified atom stereocenters. The topological polar surface area (TPSA) is 40.5 Å². The number of aromatic hydroxyl groups is 2. The Morgan fingerprint density at radius 1 is 0.469 bits per heavy atom. The van der Waals surface area contributed by atoms with Gasteiger partial charge in [0.05, 0.1) is 0 Å².